The van der Waals surface area contributed by atoms with Crippen LogP contribution in [-0.4, -0.2) is 0 Å². The van der Waals surface area contributed by atoms with Crippen molar-refractivity contribution in [3.63, 3.8) is 0 Å². The first kappa shape index (κ1) is 23.4. The lowest BCUT2D eigenvalue weighted by molar-refractivity contribution is 0.657. The number of rotatable bonds is 3. The average Bonchev–Trinajstić information content (AvgIpc) is 3.65. The summed E-state index contributed by atoms with van der Waals surface area (Å²) in [6, 6.07) is 45.0. The van der Waals surface area contributed by atoms with Gasteiger partial charge in [0.2, 0.25) is 0 Å². The molecule has 0 bridgehead atoms. The molecule has 200 valence electrons. The van der Waals surface area contributed by atoms with Gasteiger partial charge in [-0.25, -0.2) is 0 Å². The van der Waals surface area contributed by atoms with Gasteiger partial charge in [-0.15, -0.1) is 0 Å². The second-order valence-electron chi connectivity index (χ2n) is 11.7. The number of anilines is 3. The van der Waals surface area contributed by atoms with Crippen molar-refractivity contribution in [3.05, 3.63) is 139 Å². The van der Waals surface area contributed by atoms with E-state index in [1.807, 2.05) is 18.2 Å². The van der Waals surface area contributed by atoms with Crippen molar-refractivity contribution in [2.24, 2.45) is 0 Å². The molecule has 0 unspecified atom stereocenters. The van der Waals surface area contributed by atoms with Gasteiger partial charge < -0.3 is 13.7 Å². The quantitative estimate of drug-likeness (QED) is 0.223. The minimum absolute atomic E-state index is 0.177. The van der Waals surface area contributed by atoms with Crippen molar-refractivity contribution in [2.45, 2.75) is 19.3 Å². The average molecular weight is 542 g/mol. The topological polar surface area (TPSA) is 29.5 Å². The monoisotopic (exact) mass is 541 g/mol. The Morgan fingerprint density at radius 1 is 0.500 bits per heavy atom. The number of fused-ring (bicyclic) bond motifs is 9. The fraction of sp³-hybridized carbons (Fsp3) is 0.0769. The summed E-state index contributed by atoms with van der Waals surface area (Å²) in [5.41, 5.74) is 11.9. The first-order valence-corrected chi connectivity index (χ1v) is 14.4. The van der Waals surface area contributed by atoms with Crippen molar-refractivity contribution < 1.29 is 8.83 Å². The second kappa shape index (κ2) is 8.37. The zero-order valence-corrected chi connectivity index (χ0v) is 23.4. The van der Waals surface area contributed by atoms with E-state index >= 15 is 0 Å². The van der Waals surface area contributed by atoms with E-state index in [2.05, 4.69) is 128 Å². The maximum absolute atomic E-state index is 6.40. The first-order chi connectivity index (χ1) is 20.6. The molecule has 3 heteroatoms. The molecule has 0 fully saturated rings. The van der Waals surface area contributed by atoms with Crippen LogP contribution in [0.4, 0.5) is 17.1 Å². The molecule has 1 aliphatic rings. The summed E-state index contributed by atoms with van der Waals surface area (Å²) in [4.78, 5) is 2.40. The molecule has 0 amide bonds. The van der Waals surface area contributed by atoms with Gasteiger partial charge in [0.15, 0.2) is 0 Å². The smallest absolute Gasteiger partial charge is 0.137 e. The van der Waals surface area contributed by atoms with Crippen molar-refractivity contribution in [1.82, 2.24) is 0 Å². The Morgan fingerprint density at radius 3 is 1.98 bits per heavy atom. The summed E-state index contributed by atoms with van der Waals surface area (Å²) in [6.07, 6.45) is 0. The van der Waals surface area contributed by atoms with Crippen molar-refractivity contribution in [3.8, 4) is 11.1 Å². The van der Waals surface area contributed by atoms with Gasteiger partial charge in [0.1, 0.15) is 22.3 Å². The van der Waals surface area contributed by atoms with E-state index in [9.17, 15) is 0 Å². The highest BCUT2D eigenvalue weighted by Gasteiger charge is 2.39. The summed E-state index contributed by atoms with van der Waals surface area (Å²) < 4.78 is 12.7. The first-order valence-electron chi connectivity index (χ1n) is 14.4. The van der Waals surface area contributed by atoms with E-state index in [4.69, 9.17) is 8.83 Å². The number of nitrogens with zero attached hydrogens (tertiary/aromatic N) is 1. The Kier molecular flexibility index (Phi) is 4.67. The van der Waals surface area contributed by atoms with E-state index in [0.717, 1.165) is 55.6 Å². The molecular weight excluding hydrogens is 514 g/mol. The van der Waals surface area contributed by atoms with E-state index < -0.39 is 0 Å². The van der Waals surface area contributed by atoms with Crippen molar-refractivity contribution in [2.75, 3.05) is 4.90 Å². The van der Waals surface area contributed by atoms with Gasteiger partial charge >= 0.3 is 0 Å². The molecular formula is C39H27NO2. The molecule has 6 aromatic carbocycles. The zero-order valence-electron chi connectivity index (χ0n) is 23.4. The molecule has 0 saturated heterocycles. The minimum atomic E-state index is -0.177. The summed E-state index contributed by atoms with van der Waals surface area (Å²) in [7, 11) is 0. The normalized spacial score (nSPS) is 13.7. The zero-order chi connectivity index (χ0) is 28.0. The molecule has 0 saturated carbocycles. The third-order valence-electron chi connectivity index (χ3n) is 9.05. The Morgan fingerprint density at radius 2 is 1.14 bits per heavy atom. The Hall–Kier alpha value is -5.28. The van der Waals surface area contributed by atoms with Gasteiger partial charge in [-0.2, -0.15) is 0 Å². The van der Waals surface area contributed by atoms with Gasteiger partial charge in [-0.3, -0.25) is 0 Å². The lowest BCUT2D eigenvalue weighted by Gasteiger charge is -2.29. The third kappa shape index (κ3) is 3.11. The predicted molar refractivity (Wildman–Crippen MR) is 173 cm³/mol. The molecule has 2 aromatic heterocycles. The summed E-state index contributed by atoms with van der Waals surface area (Å²) in [6.45, 7) is 4.68. The number of para-hydroxylation sites is 3. The van der Waals surface area contributed by atoms with Crippen LogP contribution in [-0.2, 0) is 5.41 Å². The van der Waals surface area contributed by atoms with Gasteiger partial charge in [-0.05, 0) is 71.3 Å². The highest BCUT2D eigenvalue weighted by atomic mass is 16.3. The number of benzene rings is 6. The lowest BCUT2D eigenvalue weighted by Crippen LogP contribution is -2.16. The molecule has 0 N–H and O–H groups in total. The summed E-state index contributed by atoms with van der Waals surface area (Å²) in [5, 5.41) is 4.55. The molecule has 3 nitrogen and oxygen atoms in total. The van der Waals surface area contributed by atoms with Crippen molar-refractivity contribution in [1.29, 1.82) is 0 Å². The van der Waals surface area contributed by atoms with E-state index in [-0.39, 0.29) is 5.41 Å². The molecule has 2 heterocycles. The van der Waals surface area contributed by atoms with Crippen molar-refractivity contribution >= 4 is 60.9 Å². The fourth-order valence-electron chi connectivity index (χ4n) is 7.10. The third-order valence-corrected chi connectivity index (χ3v) is 9.05. The van der Waals surface area contributed by atoms with E-state index in [1.165, 1.54) is 27.6 Å². The molecule has 42 heavy (non-hydrogen) atoms. The molecule has 9 rings (SSSR count). The van der Waals surface area contributed by atoms with E-state index in [0.29, 0.717) is 0 Å². The summed E-state index contributed by atoms with van der Waals surface area (Å²) in [5.74, 6) is 0. The molecule has 8 aromatic rings. The van der Waals surface area contributed by atoms with Gasteiger partial charge in [0, 0.05) is 32.8 Å². The SMILES string of the molecule is CC1(C)c2cc3c(cc2-c2c(N(c4ccccc4)c4cccc5oc6ccccc6c45)cccc21)oc1ccccc13. The van der Waals surface area contributed by atoms with Crippen LogP contribution < -0.4 is 4.90 Å². The van der Waals surface area contributed by atoms with Crippen LogP contribution in [0.5, 0.6) is 0 Å². The molecule has 0 spiro atoms. The van der Waals surface area contributed by atoms with Gasteiger partial charge in [-0.1, -0.05) is 86.6 Å². The lowest BCUT2D eigenvalue weighted by atomic mass is 9.82. The Bertz CT molecular complexity index is 2340. The maximum Gasteiger partial charge on any atom is 0.137 e. The molecule has 0 aliphatic heterocycles. The molecule has 1 aliphatic carbocycles. The largest absolute Gasteiger partial charge is 0.456 e. The van der Waals surface area contributed by atoms with Crippen LogP contribution >= 0.6 is 0 Å². The van der Waals surface area contributed by atoms with Crippen LogP contribution in [0, 0.1) is 0 Å². The Balaban J connectivity index is 1.38. The van der Waals surface area contributed by atoms with Crippen LogP contribution in [0.1, 0.15) is 25.0 Å². The highest BCUT2D eigenvalue weighted by molar-refractivity contribution is 6.14. The fourth-order valence-corrected chi connectivity index (χ4v) is 7.10. The van der Waals surface area contributed by atoms with Crippen LogP contribution in [0.15, 0.2) is 136 Å². The van der Waals surface area contributed by atoms with Crippen LogP contribution in [0.2, 0.25) is 0 Å². The predicted octanol–water partition coefficient (Wildman–Crippen LogP) is 11.3. The number of hydrogen-bond donors (Lipinski definition) is 0. The Labute approximate surface area is 243 Å². The molecule has 0 radical (unpaired) electrons. The number of furan rings is 2. The maximum atomic E-state index is 6.40. The van der Waals surface area contributed by atoms with E-state index in [1.54, 1.807) is 0 Å². The standard InChI is InChI=1S/C39H27NO2/c1-39(2)29-16-10-17-31(37(29)28-23-36-27(22-30(28)39)25-14-6-8-19-33(25)42-36)40(24-12-4-3-5-13-24)32-18-11-21-35-38(32)26-15-7-9-20-34(26)41-35/h3-23H,1-2H3. The van der Waals surface area contributed by atoms with Crippen LogP contribution in [0.3, 0.4) is 0 Å². The summed E-state index contributed by atoms with van der Waals surface area (Å²) >= 11 is 0. The van der Waals surface area contributed by atoms with Crippen LogP contribution in [0.25, 0.3) is 55.0 Å². The molecule has 0 atom stereocenters. The highest BCUT2D eigenvalue weighted by Crippen LogP contribution is 2.56. The van der Waals surface area contributed by atoms with Gasteiger partial charge in [0.05, 0.1) is 16.8 Å². The minimum Gasteiger partial charge on any atom is -0.456 e. The number of hydrogen-bond acceptors (Lipinski definition) is 3. The van der Waals surface area contributed by atoms with Gasteiger partial charge in [0.25, 0.3) is 0 Å². The second-order valence-corrected chi connectivity index (χ2v) is 11.7.